The lowest BCUT2D eigenvalue weighted by atomic mass is 10.1. The Hall–Kier alpha value is -2.89. The fourth-order valence-corrected chi connectivity index (χ4v) is 3.16. The van der Waals surface area contributed by atoms with Gasteiger partial charge >= 0.3 is 5.97 Å². The molecule has 0 saturated carbocycles. The summed E-state index contributed by atoms with van der Waals surface area (Å²) in [4.78, 5) is 30.9. The molecule has 0 spiro atoms. The Morgan fingerprint density at radius 1 is 1.23 bits per heavy atom. The zero-order valence-electron chi connectivity index (χ0n) is 15.3. The Labute approximate surface area is 153 Å². The van der Waals surface area contributed by atoms with Gasteiger partial charge in [-0.05, 0) is 57.0 Å². The Balaban J connectivity index is 1.76. The van der Waals surface area contributed by atoms with E-state index in [1.54, 1.807) is 26.0 Å². The van der Waals surface area contributed by atoms with Gasteiger partial charge in [-0.2, -0.15) is 0 Å². The SMILES string of the molecule is CCOC(=O)c1ccc(C(=O)Nc2ccc3c(c2)N(CC)CC3)nc1C. The van der Waals surface area contributed by atoms with Gasteiger partial charge in [0.25, 0.3) is 5.91 Å². The number of aryl methyl sites for hydroxylation is 1. The maximum atomic E-state index is 12.5. The molecule has 26 heavy (non-hydrogen) atoms. The van der Waals surface area contributed by atoms with Crippen LogP contribution in [0.1, 0.15) is 46.0 Å². The molecular formula is C20H23N3O3. The van der Waals surface area contributed by atoms with Crippen LogP contribution in [0.4, 0.5) is 11.4 Å². The maximum Gasteiger partial charge on any atom is 0.339 e. The minimum atomic E-state index is -0.428. The van der Waals surface area contributed by atoms with E-state index in [2.05, 4.69) is 28.2 Å². The van der Waals surface area contributed by atoms with Crippen LogP contribution < -0.4 is 10.2 Å². The number of carbonyl (C=O) groups excluding carboxylic acids is 2. The van der Waals surface area contributed by atoms with Crippen molar-refractivity contribution in [2.75, 3.05) is 29.9 Å². The third-order valence-electron chi connectivity index (χ3n) is 4.53. The number of rotatable bonds is 5. The number of aromatic nitrogens is 1. The Morgan fingerprint density at radius 3 is 2.73 bits per heavy atom. The number of hydrogen-bond acceptors (Lipinski definition) is 5. The van der Waals surface area contributed by atoms with Crippen LogP contribution in [-0.4, -0.2) is 36.6 Å². The first-order valence-electron chi connectivity index (χ1n) is 8.87. The number of pyridine rings is 1. The van der Waals surface area contributed by atoms with Crippen molar-refractivity contribution < 1.29 is 14.3 Å². The molecule has 1 aromatic heterocycles. The highest BCUT2D eigenvalue weighted by molar-refractivity contribution is 6.03. The van der Waals surface area contributed by atoms with Crippen molar-refractivity contribution in [2.24, 2.45) is 0 Å². The number of fused-ring (bicyclic) bond motifs is 1. The van der Waals surface area contributed by atoms with Crippen molar-refractivity contribution in [1.82, 2.24) is 4.98 Å². The van der Waals surface area contributed by atoms with E-state index < -0.39 is 5.97 Å². The molecular weight excluding hydrogens is 330 g/mol. The molecule has 0 bridgehead atoms. The molecule has 2 heterocycles. The molecule has 0 unspecified atom stereocenters. The van der Waals surface area contributed by atoms with E-state index in [0.29, 0.717) is 17.9 Å². The maximum absolute atomic E-state index is 12.5. The molecule has 2 aromatic rings. The summed E-state index contributed by atoms with van der Waals surface area (Å²) >= 11 is 0. The van der Waals surface area contributed by atoms with Gasteiger partial charge in [0.1, 0.15) is 5.69 Å². The molecule has 136 valence electrons. The van der Waals surface area contributed by atoms with Crippen molar-refractivity contribution in [2.45, 2.75) is 27.2 Å². The van der Waals surface area contributed by atoms with Gasteiger partial charge in [-0.25, -0.2) is 9.78 Å². The first kappa shape index (κ1) is 17.9. The number of nitrogens with zero attached hydrogens (tertiary/aromatic N) is 2. The van der Waals surface area contributed by atoms with Crippen LogP contribution in [0.5, 0.6) is 0 Å². The summed E-state index contributed by atoms with van der Waals surface area (Å²) in [6, 6.07) is 9.10. The summed E-state index contributed by atoms with van der Waals surface area (Å²) in [5, 5.41) is 2.89. The van der Waals surface area contributed by atoms with E-state index in [1.165, 1.54) is 11.3 Å². The lowest BCUT2D eigenvalue weighted by molar-refractivity contribution is 0.0524. The van der Waals surface area contributed by atoms with E-state index in [1.807, 2.05) is 12.1 Å². The zero-order chi connectivity index (χ0) is 18.7. The fraction of sp³-hybridized carbons (Fsp3) is 0.350. The lowest BCUT2D eigenvalue weighted by Gasteiger charge is -2.17. The molecule has 0 atom stereocenters. The van der Waals surface area contributed by atoms with E-state index >= 15 is 0 Å². The van der Waals surface area contributed by atoms with Crippen LogP contribution in [0.15, 0.2) is 30.3 Å². The number of likely N-dealkylation sites (N-methyl/N-ethyl adjacent to an activating group) is 1. The number of ether oxygens (including phenoxy) is 1. The van der Waals surface area contributed by atoms with Crippen molar-refractivity contribution in [1.29, 1.82) is 0 Å². The first-order chi connectivity index (χ1) is 12.5. The number of hydrogen-bond donors (Lipinski definition) is 1. The molecule has 0 saturated heterocycles. The molecule has 0 radical (unpaired) electrons. The minimum Gasteiger partial charge on any atom is -0.462 e. The minimum absolute atomic E-state index is 0.267. The molecule has 1 aromatic carbocycles. The van der Waals surface area contributed by atoms with Crippen LogP contribution in [0.25, 0.3) is 0 Å². The van der Waals surface area contributed by atoms with Crippen molar-refractivity contribution in [3.05, 3.63) is 52.8 Å². The Kier molecular flexibility index (Phi) is 5.21. The number of nitrogens with one attached hydrogen (secondary N) is 1. The smallest absolute Gasteiger partial charge is 0.339 e. The predicted octanol–water partition coefficient (Wildman–Crippen LogP) is 3.20. The Bertz CT molecular complexity index is 848. The largest absolute Gasteiger partial charge is 0.462 e. The monoisotopic (exact) mass is 353 g/mol. The lowest BCUT2D eigenvalue weighted by Crippen LogP contribution is -2.19. The van der Waals surface area contributed by atoms with Gasteiger partial charge in [0.2, 0.25) is 0 Å². The quantitative estimate of drug-likeness (QED) is 0.836. The molecule has 0 aliphatic carbocycles. The summed E-state index contributed by atoms with van der Waals surface area (Å²) in [5.74, 6) is -0.729. The first-order valence-corrected chi connectivity index (χ1v) is 8.87. The van der Waals surface area contributed by atoms with Crippen molar-refractivity contribution in [3.8, 4) is 0 Å². The van der Waals surface area contributed by atoms with E-state index in [4.69, 9.17) is 4.74 Å². The van der Waals surface area contributed by atoms with Crippen molar-refractivity contribution in [3.63, 3.8) is 0 Å². The van der Waals surface area contributed by atoms with Crippen LogP contribution in [0, 0.1) is 6.92 Å². The highest BCUT2D eigenvalue weighted by Gasteiger charge is 2.19. The highest BCUT2D eigenvalue weighted by Crippen LogP contribution is 2.30. The Morgan fingerprint density at radius 2 is 2.04 bits per heavy atom. The van der Waals surface area contributed by atoms with Gasteiger partial charge in [-0.3, -0.25) is 4.79 Å². The fourth-order valence-electron chi connectivity index (χ4n) is 3.16. The van der Waals surface area contributed by atoms with Crippen LogP contribution in [0.2, 0.25) is 0 Å². The summed E-state index contributed by atoms with van der Waals surface area (Å²) < 4.78 is 4.98. The zero-order valence-corrected chi connectivity index (χ0v) is 15.3. The second-order valence-corrected chi connectivity index (χ2v) is 6.18. The molecule has 1 amide bonds. The molecule has 1 aliphatic heterocycles. The summed E-state index contributed by atoms with van der Waals surface area (Å²) in [6.07, 6.45) is 1.04. The van der Waals surface area contributed by atoms with Gasteiger partial charge in [0.15, 0.2) is 0 Å². The third kappa shape index (κ3) is 3.54. The van der Waals surface area contributed by atoms with Gasteiger partial charge < -0.3 is 15.0 Å². The number of carbonyl (C=O) groups is 2. The molecule has 6 heteroatoms. The average Bonchev–Trinajstić information content (AvgIpc) is 3.04. The predicted molar refractivity (Wildman–Crippen MR) is 101 cm³/mol. The van der Waals surface area contributed by atoms with Crippen LogP contribution in [0.3, 0.4) is 0 Å². The standard InChI is InChI=1S/C20H23N3O3/c1-4-23-11-10-14-6-7-15(12-18(14)23)22-19(24)17-9-8-16(13(3)21-17)20(25)26-5-2/h6-9,12H,4-5,10-11H2,1-3H3,(H,22,24). The van der Waals surface area contributed by atoms with Crippen LogP contribution in [-0.2, 0) is 11.2 Å². The second-order valence-electron chi connectivity index (χ2n) is 6.18. The number of anilines is 2. The number of esters is 1. The van der Waals surface area contributed by atoms with Crippen LogP contribution >= 0.6 is 0 Å². The average molecular weight is 353 g/mol. The van der Waals surface area contributed by atoms with Gasteiger partial charge in [-0.1, -0.05) is 6.07 Å². The molecule has 3 rings (SSSR count). The third-order valence-corrected chi connectivity index (χ3v) is 4.53. The normalized spacial score (nSPS) is 12.7. The number of amides is 1. The summed E-state index contributed by atoms with van der Waals surface area (Å²) in [6.45, 7) is 7.82. The topological polar surface area (TPSA) is 71.5 Å². The number of benzene rings is 1. The van der Waals surface area contributed by atoms with Gasteiger partial charge in [0, 0.05) is 24.5 Å². The molecule has 1 aliphatic rings. The summed E-state index contributed by atoms with van der Waals surface area (Å²) in [5.41, 5.74) is 4.33. The highest BCUT2D eigenvalue weighted by atomic mass is 16.5. The van der Waals surface area contributed by atoms with Gasteiger partial charge in [0.05, 0.1) is 17.9 Å². The van der Waals surface area contributed by atoms with E-state index in [9.17, 15) is 9.59 Å². The molecule has 1 N–H and O–H groups in total. The van der Waals surface area contributed by atoms with Gasteiger partial charge in [-0.15, -0.1) is 0 Å². The van der Waals surface area contributed by atoms with Crippen molar-refractivity contribution >= 4 is 23.3 Å². The van der Waals surface area contributed by atoms with E-state index in [0.717, 1.165) is 25.2 Å². The molecule has 6 nitrogen and oxygen atoms in total. The molecule has 0 fully saturated rings. The summed E-state index contributed by atoms with van der Waals surface area (Å²) in [7, 11) is 0. The van der Waals surface area contributed by atoms with E-state index in [-0.39, 0.29) is 11.6 Å². The second kappa shape index (κ2) is 7.56.